The Balaban J connectivity index is 3.72. The van der Waals surface area contributed by atoms with E-state index in [0.717, 1.165) is 12.5 Å². The van der Waals surface area contributed by atoms with Gasteiger partial charge < -0.3 is 52.3 Å². The fourth-order valence-electron chi connectivity index (χ4n) is 3.40. The molecule has 0 rings (SSSR count). The Kier molecular flexibility index (Phi) is 20.3. The molecule has 224 valence electrons. The highest BCUT2D eigenvalue weighted by Gasteiger charge is 2.39. The van der Waals surface area contributed by atoms with Crippen molar-refractivity contribution in [3.8, 4) is 0 Å². The molecule has 11 nitrogen and oxygen atoms in total. The van der Waals surface area contributed by atoms with Crippen molar-refractivity contribution in [3.05, 3.63) is 0 Å². The van der Waals surface area contributed by atoms with Gasteiger partial charge in [0, 0.05) is 6.61 Å². The third-order valence-electron chi connectivity index (χ3n) is 4.47. The summed E-state index contributed by atoms with van der Waals surface area (Å²) in [5.41, 5.74) is 0. The second-order valence-electron chi connectivity index (χ2n) is 11.2. The van der Waals surface area contributed by atoms with Crippen LogP contribution >= 0.6 is 0 Å². The van der Waals surface area contributed by atoms with Crippen molar-refractivity contribution in [1.82, 2.24) is 0 Å². The third kappa shape index (κ3) is 25.0. The zero-order chi connectivity index (χ0) is 28.4. The molecule has 0 saturated heterocycles. The molecule has 3 atom stereocenters. The van der Waals surface area contributed by atoms with Crippen LogP contribution in [0.15, 0.2) is 0 Å². The first-order valence-corrected chi connectivity index (χ1v) is 22.4. The molecule has 0 bridgehead atoms. The predicted molar refractivity (Wildman–Crippen MR) is 149 cm³/mol. The van der Waals surface area contributed by atoms with Crippen LogP contribution in [0.3, 0.4) is 0 Å². The van der Waals surface area contributed by atoms with Crippen LogP contribution in [0.25, 0.3) is 0 Å². The lowest BCUT2D eigenvalue weighted by molar-refractivity contribution is -0.0706. The summed E-state index contributed by atoms with van der Waals surface area (Å²) in [6.07, 6.45) is -1.78. The Morgan fingerprint density at radius 2 is 0.892 bits per heavy atom. The lowest BCUT2D eigenvalue weighted by Crippen LogP contribution is -2.52. The van der Waals surface area contributed by atoms with Crippen molar-refractivity contribution in [2.45, 2.75) is 76.6 Å². The fourth-order valence-corrected chi connectivity index (χ4v) is 15.9. The van der Waals surface area contributed by atoms with Crippen LogP contribution in [0.1, 0.15) is 6.42 Å². The Morgan fingerprint density at radius 3 is 1.32 bits per heavy atom. The van der Waals surface area contributed by atoms with Crippen molar-refractivity contribution in [1.29, 1.82) is 0 Å². The topological polar surface area (TPSA) is 146 Å². The second-order valence-corrected chi connectivity index (χ2v) is 24.0. The van der Waals surface area contributed by atoms with Gasteiger partial charge in [0.25, 0.3) is 0 Å². The molecule has 0 aliphatic rings. The number of rotatable bonds is 25. The molecular weight excluding hydrogens is 537 g/mol. The van der Waals surface area contributed by atoms with Gasteiger partial charge in [-0.05, 0) is 58.3 Å². The lowest BCUT2D eigenvalue weighted by Gasteiger charge is -2.38. The average Bonchev–Trinajstić information content (AvgIpc) is 2.74. The number of hydrogen-bond donors (Lipinski definition) is 4. The van der Waals surface area contributed by atoms with Gasteiger partial charge in [0.1, 0.15) is 18.3 Å². The zero-order valence-corrected chi connectivity index (χ0v) is 27.1. The van der Waals surface area contributed by atoms with Crippen LogP contribution < -0.4 is 0 Å². The van der Waals surface area contributed by atoms with Gasteiger partial charge >= 0.3 is 8.56 Å². The van der Waals surface area contributed by atoms with Gasteiger partial charge in [-0.3, -0.25) is 0 Å². The van der Waals surface area contributed by atoms with Gasteiger partial charge in [0.2, 0.25) is 0 Å². The maximum atomic E-state index is 9.85. The molecule has 0 aromatic heterocycles. The van der Waals surface area contributed by atoms with Gasteiger partial charge in [-0.25, -0.2) is 0 Å². The molecule has 37 heavy (non-hydrogen) atoms. The van der Waals surface area contributed by atoms with E-state index in [4.69, 9.17) is 42.1 Å². The molecule has 0 aliphatic heterocycles. The molecule has 0 aromatic carbocycles. The zero-order valence-electron chi connectivity index (χ0n) is 24.1. The SMILES string of the molecule is C[Si](C)(C)O[Si](C)(CCCOCCOCCOCC(O)COCC(O)COCC(O)CO)O[Si](C)(C)C. The van der Waals surface area contributed by atoms with E-state index in [1.165, 1.54) is 0 Å². The summed E-state index contributed by atoms with van der Waals surface area (Å²) in [6.45, 7) is 17.4. The average molecular weight is 591 g/mol. The van der Waals surface area contributed by atoms with E-state index >= 15 is 0 Å². The van der Waals surface area contributed by atoms with Gasteiger partial charge in [-0.15, -0.1) is 0 Å². The van der Waals surface area contributed by atoms with Crippen molar-refractivity contribution in [2.24, 2.45) is 0 Å². The maximum absolute atomic E-state index is 9.85. The summed E-state index contributed by atoms with van der Waals surface area (Å²) in [7, 11) is -5.58. The third-order valence-corrected chi connectivity index (χ3v) is 14.1. The fraction of sp³-hybridized carbons (Fsp3) is 1.00. The number of aliphatic hydroxyl groups is 4. The Hall–Kier alpha value is 0.211. The van der Waals surface area contributed by atoms with Crippen LogP contribution in [0.2, 0.25) is 51.9 Å². The highest BCUT2D eigenvalue weighted by atomic mass is 28.5. The molecule has 0 amide bonds. The molecule has 0 aliphatic carbocycles. The normalized spacial score (nSPS) is 15.6. The van der Waals surface area contributed by atoms with Crippen LogP contribution in [0.5, 0.6) is 0 Å². The van der Waals surface area contributed by atoms with Crippen molar-refractivity contribution in [2.75, 3.05) is 72.7 Å². The van der Waals surface area contributed by atoms with Gasteiger partial charge in [-0.2, -0.15) is 0 Å². The number of hydrogen-bond acceptors (Lipinski definition) is 11. The maximum Gasteiger partial charge on any atom is 0.314 e. The molecule has 3 unspecified atom stereocenters. The largest absolute Gasteiger partial charge is 0.437 e. The van der Waals surface area contributed by atoms with E-state index in [9.17, 15) is 10.2 Å². The minimum Gasteiger partial charge on any atom is -0.437 e. The number of ether oxygens (including phenoxy) is 5. The summed E-state index contributed by atoms with van der Waals surface area (Å²) >= 11 is 0. The summed E-state index contributed by atoms with van der Waals surface area (Å²) in [4.78, 5) is 0. The molecule has 0 heterocycles. The van der Waals surface area contributed by atoms with Gasteiger partial charge in [0.05, 0.1) is 66.1 Å². The lowest BCUT2D eigenvalue weighted by atomic mass is 10.4. The van der Waals surface area contributed by atoms with Crippen molar-refractivity contribution in [3.63, 3.8) is 0 Å². The summed E-state index contributed by atoms with van der Waals surface area (Å²) in [5.74, 6) is 0. The molecule has 0 radical (unpaired) electrons. The van der Waals surface area contributed by atoms with Crippen molar-refractivity contribution >= 4 is 25.2 Å². The standard InChI is InChI=1S/C23H54O11Si3/c1-35(2,3)33-37(7,34-36(4,5)6)14-8-9-28-10-11-29-12-13-30-17-22(26)18-32-20-23(27)19-31-16-21(25)15-24/h21-27H,8-20H2,1-7H3. The first-order valence-electron chi connectivity index (χ1n) is 13.1. The van der Waals surface area contributed by atoms with E-state index < -0.39 is 50.1 Å². The highest BCUT2D eigenvalue weighted by Crippen LogP contribution is 2.25. The van der Waals surface area contributed by atoms with Gasteiger partial charge in [-0.1, -0.05) is 0 Å². The Labute approximate surface area is 226 Å². The van der Waals surface area contributed by atoms with E-state index in [1.807, 2.05) is 0 Å². The van der Waals surface area contributed by atoms with Gasteiger partial charge in [0.15, 0.2) is 16.6 Å². The quantitative estimate of drug-likeness (QED) is 0.0902. The van der Waals surface area contributed by atoms with Crippen LogP contribution in [-0.2, 0) is 31.9 Å². The van der Waals surface area contributed by atoms with Crippen LogP contribution in [0, 0.1) is 0 Å². The summed E-state index contributed by atoms with van der Waals surface area (Å²) in [5, 5.41) is 37.4. The summed E-state index contributed by atoms with van der Waals surface area (Å²) in [6, 6.07) is 0.920. The van der Waals surface area contributed by atoms with E-state index in [2.05, 4.69) is 45.8 Å². The predicted octanol–water partition coefficient (Wildman–Crippen LogP) is 1.31. The minimum absolute atomic E-state index is 0.0128. The monoisotopic (exact) mass is 590 g/mol. The number of aliphatic hydroxyl groups excluding tert-OH is 4. The minimum atomic E-state index is -2.21. The highest BCUT2D eigenvalue weighted by molar-refractivity contribution is 6.87. The molecule has 4 N–H and O–H groups in total. The molecular formula is C23H54O11Si3. The van der Waals surface area contributed by atoms with Crippen LogP contribution in [0.4, 0.5) is 0 Å². The molecule has 14 heteroatoms. The second kappa shape index (κ2) is 20.1. The molecule has 0 saturated carbocycles. The molecule has 0 aromatic rings. The van der Waals surface area contributed by atoms with E-state index in [-0.39, 0.29) is 33.0 Å². The Morgan fingerprint density at radius 1 is 0.514 bits per heavy atom. The summed E-state index contributed by atoms with van der Waals surface area (Å²) < 4.78 is 39.8. The first-order chi connectivity index (χ1) is 17.2. The van der Waals surface area contributed by atoms with Crippen molar-refractivity contribution < 1.29 is 52.3 Å². The molecule has 0 spiro atoms. The first kappa shape index (κ1) is 37.2. The van der Waals surface area contributed by atoms with Crippen LogP contribution in [-0.4, -0.2) is 137 Å². The Bertz CT molecular complexity index is 531. The smallest absolute Gasteiger partial charge is 0.314 e. The van der Waals surface area contributed by atoms with E-state index in [1.54, 1.807) is 0 Å². The van der Waals surface area contributed by atoms with E-state index in [0.29, 0.717) is 33.0 Å². The molecule has 0 fully saturated rings.